The third kappa shape index (κ3) is 3.70. The average molecular weight is 419 g/mol. The molecule has 1 N–H and O–H groups in total. The topological polar surface area (TPSA) is 35.8 Å². The van der Waals surface area contributed by atoms with Crippen molar-refractivity contribution in [3.63, 3.8) is 0 Å². The second-order valence-electron chi connectivity index (χ2n) is 8.92. The molecule has 3 aromatic rings. The van der Waals surface area contributed by atoms with Crippen molar-refractivity contribution in [2.75, 3.05) is 4.90 Å². The summed E-state index contributed by atoms with van der Waals surface area (Å²) in [4.78, 5) is 2.50. The molecule has 0 radical (unpaired) electrons. The minimum atomic E-state index is -0.198. The first kappa shape index (κ1) is 20.5. The van der Waals surface area contributed by atoms with Gasteiger partial charge < -0.3 is 10.1 Å². The minimum Gasteiger partial charge on any atom is -0.411 e. The zero-order chi connectivity index (χ0) is 21.4. The van der Waals surface area contributed by atoms with Gasteiger partial charge in [0.2, 0.25) is 0 Å². The van der Waals surface area contributed by atoms with E-state index in [1.54, 1.807) is 0 Å². The summed E-state index contributed by atoms with van der Waals surface area (Å²) in [6.45, 7) is 7.77. The zero-order valence-corrected chi connectivity index (χ0v) is 18.4. The van der Waals surface area contributed by atoms with Gasteiger partial charge in [0.15, 0.2) is 0 Å². The second-order valence-corrected chi connectivity index (χ2v) is 9.36. The smallest absolute Gasteiger partial charge is 0.0733 e. The first-order valence-electron chi connectivity index (χ1n) is 10.2. The molecule has 0 amide bonds. The van der Waals surface area contributed by atoms with Crippen molar-refractivity contribution in [1.82, 2.24) is 0 Å². The molecule has 0 spiro atoms. The summed E-state index contributed by atoms with van der Waals surface area (Å²) in [6.07, 6.45) is 2.44. The minimum absolute atomic E-state index is 0.0657. The van der Waals surface area contributed by atoms with Crippen LogP contribution in [0.3, 0.4) is 0 Å². The molecule has 1 atom stereocenters. The molecule has 1 unspecified atom stereocenters. The largest absolute Gasteiger partial charge is 0.411 e. The molecule has 4 heteroatoms. The highest BCUT2D eigenvalue weighted by atomic mass is 35.5. The lowest BCUT2D eigenvalue weighted by atomic mass is 9.65. The Morgan fingerprint density at radius 2 is 1.70 bits per heavy atom. The molecule has 0 saturated heterocycles. The van der Waals surface area contributed by atoms with Crippen LogP contribution < -0.4 is 4.90 Å². The highest BCUT2D eigenvalue weighted by Crippen LogP contribution is 2.51. The molecule has 0 bridgehead atoms. The van der Waals surface area contributed by atoms with Crippen molar-refractivity contribution in [1.29, 1.82) is 0 Å². The van der Waals surface area contributed by atoms with E-state index in [4.69, 9.17) is 16.8 Å². The van der Waals surface area contributed by atoms with Gasteiger partial charge in [0.1, 0.15) is 0 Å². The molecular formula is C26H27ClN2O. The maximum atomic E-state index is 9.08. The van der Waals surface area contributed by atoms with Gasteiger partial charge in [-0.1, -0.05) is 72.2 Å². The fraction of sp³-hybridized carbons (Fsp3) is 0.269. The van der Waals surface area contributed by atoms with Gasteiger partial charge in [-0.2, -0.15) is 0 Å². The number of rotatable bonds is 4. The molecule has 3 aromatic carbocycles. The van der Waals surface area contributed by atoms with Gasteiger partial charge in [-0.05, 0) is 66.8 Å². The summed E-state index contributed by atoms with van der Waals surface area (Å²) < 4.78 is 0. The van der Waals surface area contributed by atoms with Gasteiger partial charge in [-0.3, -0.25) is 0 Å². The van der Waals surface area contributed by atoms with E-state index in [2.05, 4.69) is 85.4 Å². The molecule has 30 heavy (non-hydrogen) atoms. The van der Waals surface area contributed by atoms with Crippen LogP contribution in [-0.4, -0.2) is 17.0 Å². The quantitative estimate of drug-likeness (QED) is 0.292. The Morgan fingerprint density at radius 1 is 1.00 bits per heavy atom. The first-order valence-corrected chi connectivity index (χ1v) is 10.6. The van der Waals surface area contributed by atoms with Crippen LogP contribution in [0.25, 0.3) is 0 Å². The van der Waals surface area contributed by atoms with E-state index >= 15 is 0 Å². The third-order valence-electron chi connectivity index (χ3n) is 6.29. The van der Waals surface area contributed by atoms with Crippen LogP contribution in [0.15, 0.2) is 78.0 Å². The van der Waals surface area contributed by atoms with Gasteiger partial charge in [0.25, 0.3) is 0 Å². The number of hydrogen-bond donors (Lipinski definition) is 1. The van der Waals surface area contributed by atoms with Crippen LogP contribution in [0, 0.1) is 0 Å². The summed E-state index contributed by atoms with van der Waals surface area (Å²) in [7, 11) is 0. The lowest BCUT2D eigenvalue weighted by Gasteiger charge is -2.53. The molecule has 1 aliphatic rings. The van der Waals surface area contributed by atoms with E-state index in [0.717, 1.165) is 23.6 Å². The summed E-state index contributed by atoms with van der Waals surface area (Å²) in [5.41, 5.74) is 5.59. The van der Waals surface area contributed by atoms with E-state index < -0.39 is 0 Å². The van der Waals surface area contributed by atoms with E-state index in [9.17, 15) is 0 Å². The zero-order valence-electron chi connectivity index (χ0n) is 17.6. The summed E-state index contributed by atoms with van der Waals surface area (Å²) >= 11 is 6.18. The number of oxime groups is 1. The first-order chi connectivity index (χ1) is 14.3. The lowest BCUT2D eigenvalue weighted by Crippen LogP contribution is -2.53. The molecule has 1 aliphatic heterocycles. The Morgan fingerprint density at radius 3 is 2.37 bits per heavy atom. The highest BCUT2D eigenvalue weighted by Gasteiger charge is 2.45. The Kier molecular flexibility index (Phi) is 5.33. The number of halogens is 1. The average Bonchev–Trinajstić information content (AvgIpc) is 2.72. The molecule has 0 saturated carbocycles. The fourth-order valence-electron chi connectivity index (χ4n) is 4.90. The molecule has 154 valence electrons. The maximum Gasteiger partial charge on any atom is 0.0733 e. The summed E-state index contributed by atoms with van der Waals surface area (Å²) in [5.74, 6) is 0. The van der Waals surface area contributed by atoms with Crippen LogP contribution in [0.4, 0.5) is 5.69 Å². The number of hydrogen-bond acceptors (Lipinski definition) is 3. The van der Waals surface area contributed by atoms with Gasteiger partial charge >= 0.3 is 0 Å². The van der Waals surface area contributed by atoms with Crippen molar-refractivity contribution in [3.8, 4) is 0 Å². The molecule has 0 aromatic heterocycles. The van der Waals surface area contributed by atoms with Crippen LogP contribution in [0.1, 0.15) is 49.4 Å². The Hall–Kier alpha value is -2.78. The van der Waals surface area contributed by atoms with Crippen molar-refractivity contribution >= 4 is 23.5 Å². The Balaban J connectivity index is 1.89. The van der Waals surface area contributed by atoms with Crippen LogP contribution in [0.5, 0.6) is 0 Å². The lowest BCUT2D eigenvalue weighted by molar-refractivity contribution is 0.319. The molecule has 0 aliphatic carbocycles. The predicted octanol–water partition coefficient (Wildman–Crippen LogP) is 6.64. The van der Waals surface area contributed by atoms with Gasteiger partial charge in [-0.15, -0.1) is 0 Å². The Labute approximate surface area is 183 Å². The molecule has 3 nitrogen and oxygen atoms in total. The van der Waals surface area contributed by atoms with Crippen LogP contribution in [-0.2, 0) is 12.0 Å². The molecular weight excluding hydrogens is 392 g/mol. The van der Waals surface area contributed by atoms with Gasteiger partial charge in [-0.25, -0.2) is 0 Å². The van der Waals surface area contributed by atoms with E-state index in [1.165, 1.54) is 28.6 Å². The Bertz CT molecular complexity index is 1060. The number of benzene rings is 3. The van der Waals surface area contributed by atoms with Crippen LogP contribution in [0.2, 0.25) is 5.02 Å². The van der Waals surface area contributed by atoms with Gasteiger partial charge in [0.05, 0.1) is 6.21 Å². The molecule has 1 heterocycles. The fourth-order valence-corrected chi connectivity index (χ4v) is 5.03. The van der Waals surface area contributed by atoms with E-state index in [-0.39, 0.29) is 11.0 Å². The number of fused-ring (bicyclic) bond motifs is 1. The monoisotopic (exact) mass is 418 g/mol. The second kappa shape index (κ2) is 7.81. The van der Waals surface area contributed by atoms with Crippen molar-refractivity contribution in [2.45, 2.75) is 44.7 Å². The standard InChI is InChI=1S/C26H27ClN2O/c1-25(2)18-26(3,21-10-12-22(27)13-11-21)23-15-20(16-28-30)9-14-24(23)29(25)17-19-7-5-4-6-8-19/h4-16,30H,17-18H2,1-3H3. The molecule has 4 rings (SSSR count). The van der Waals surface area contributed by atoms with Crippen LogP contribution >= 0.6 is 11.6 Å². The van der Waals surface area contributed by atoms with Gasteiger partial charge in [0, 0.05) is 28.2 Å². The number of nitrogens with zero attached hydrogens (tertiary/aromatic N) is 2. The van der Waals surface area contributed by atoms with E-state index in [1.807, 2.05) is 18.2 Å². The summed E-state index contributed by atoms with van der Waals surface area (Å²) in [5, 5.41) is 13.1. The van der Waals surface area contributed by atoms with Crippen molar-refractivity contribution in [2.24, 2.45) is 5.16 Å². The maximum absolute atomic E-state index is 9.08. The SMILES string of the molecule is CC1(c2ccc(Cl)cc2)CC(C)(C)N(Cc2ccccc2)c2ccc(C=NO)cc21. The molecule has 0 fully saturated rings. The third-order valence-corrected chi connectivity index (χ3v) is 6.55. The predicted molar refractivity (Wildman–Crippen MR) is 125 cm³/mol. The van der Waals surface area contributed by atoms with E-state index in [0.29, 0.717) is 0 Å². The van der Waals surface area contributed by atoms with Crippen molar-refractivity contribution in [3.05, 3.63) is 100 Å². The summed E-state index contributed by atoms with van der Waals surface area (Å²) in [6, 6.07) is 25.1. The number of anilines is 1. The highest BCUT2D eigenvalue weighted by molar-refractivity contribution is 6.30. The normalized spacial score (nSPS) is 20.3. The van der Waals surface area contributed by atoms with Crippen molar-refractivity contribution < 1.29 is 5.21 Å².